The van der Waals surface area contributed by atoms with Crippen molar-refractivity contribution in [3.05, 3.63) is 35.4 Å². The van der Waals surface area contributed by atoms with Crippen molar-refractivity contribution in [3.63, 3.8) is 0 Å². The number of carbonyl (C=O) groups is 1. The number of carbonyl (C=O) groups excluding carboxylic acids is 1. The molecular weight excluding hydrogens is 254 g/mol. The van der Waals surface area contributed by atoms with Crippen molar-refractivity contribution in [3.8, 4) is 0 Å². The van der Waals surface area contributed by atoms with Crippen LogP contribution in [0.25, 0.3) is 0 Å². The van der Waals surface area contributed by atoms with Crippen molar-refractivity contribution in [2.75, 3.05) is 20.3 Å². The van der Waals surface area contributed by atoms with Crippen molar-refractivity contribution in [1.29, 1.82) is 0 Å². The summed E-state index contributed by atoms with van der Waals surface area (Å²) in [5, 5.41) is 3.51. The lowest BCUT2D eigenvalue weighted by molar-refractivity contribution is 0.0222. The Balaban J connectivity index is 1.98. The molecule has 0 amide bonds. The molecule has 2 rings (SSSR count). The Morgan fingerprint density at radius 2 is 2.10 bits per heavy atom. The fourth-order valence-electron chi connectivity index (χ4n) is 2.54. The maximum atomic E-state index is 11.4. The topological polar surface area (TPSA) is 47.6 Å². The van der Waals surface area contributed by atoms with Crippen LogP contribution in [-0.4, -0.2) is 32.3 Å². The number of esters is 1. The largest absolute Gasteiger partial charge is 0.465 e. The van der Waals surface area contributed by atoms with Gasteiger partial charge in [-0.1, -0.05) is 19.1 Å². The molecule has 1 N–H and O–H groups in total. The van der Waals surface area contributed by atoms with Crippen molar-refractivity contribution < 1.29 is 14.3 Å². The first-order valence-electron chi connectivity index (χ1n) is 7.27. The molecule has 1 heterocycles. The summed E-state index contributed by atoms with van der Waals surface area (Å²) in [6.07, 6.45) is 3.44. The highest BCUT2D eigenvalue weighted by Gasteiger charge is 2.23. The molecule has 1 aromatic carbocycles. The molecule has 0 bridgehead atoms. The highest BCUT2D eigenvalue weighted by Crippen LogP contribution is 2.25. The molecule has 0 aliphatic carbocycles. The monoisotopic (exact) mass is 277 g/mol. The third-order valence-corrected chi connectivity index (χ3v) is 3.65. The minimum atomic E-state index is -0.294. The SMILES string of the molecule is CCCOC1CCNC(c2ccc(C(=O)OC)cc2)C1. The van der Waals surface area contributed by atoms with E-state index in [1.807, 2.05) is 24.3 Å². The van der Waals surface area contributed by atoms with E-state index in [1.165, 1.54) is 12.7 Å². The Bertz CT molecular complexity index is 430. The Morgan fingerprint density at radius 1 is 1.35 bits per heavy atom. The number of ether oxygens (including phenoxy) is 2. The van der Waals surface area contributed by atoms with E-state index in [9.17, 15) is 4.79 Å². The van der Waals surface area contributed by atoms with E-state index in [2.05, 4.69) is 12.2 Å². The van der Waals surface area contributed by atoms with Gasteiger partial charge in [-0.3, -0.25) is 0 Å². The molecule has 2 unspecified atom stereocenters. The van der Waals surface area contributed by atoms with Gasteiger partial charge in [-0.2, -0.15) is 0 Å². The van der Waals surface area contributed by atoms with E-state index in [0.29, 0.717) is 17.7 Å². The number of hydrogen-bond donors (Lipinski definition) is 1. The average molecular weight is 277 g/mol. The maximum Gasteiger partial charge on any atom is 0.337 e. The summed E-state index contributed by atoms with van der Waals surface area (Å²) >= 11 is 0. The zero-order chi connectivity index (χ0) is 14.4. The van der Waals surface area contributed by atoms with Crippen molar-refractivity contribution in [2.45, 2.75) is 38.3 Å². The van der Waals surface area contributed by atoms with Gasteiger partial charge in [0.15, 0.2) is 0 Å². The Hall–Kier alpha value is -1.39. The van der Waals surface area contributed by atoms with Gasteiger partial charge in [0.25, 0.3) is 0 Å². The van der Waals surface area contributed by atoms with E-state index in [0.717, 1.165) is 32.4 Å². The molecule has 0 saturated carbocycles. The third kappa shape index (κ3) is 3.81. The third-order valence-electron chi connectivity index (χ3n) is 3.65. The van der Waals surface area contributed by atoms with Crippen LogP contribution >= 0.6 is 0 Å². The van der Waals surface area contributed by atoms with Crippen LogP contribution in [0.1, 0.15) is 48.1 Å². The lowest BCUT2D eigenvalue weighted by atomic mass is 9.95. The normalized spacial score (nSPS) is 22.5. The second-order valence-corrected chi connectivity index (χ2v) is 5.14. The molecule has 1 aromatic rings. The van der Waals surface area contributed by atoms with Crippen LogP contribution < -0.4 is 5.32 Å². The summed E-state index contributed by atoms with van der Waals surface area (Å²) in [7, 11) is 1.40. The molecule has 1 fully saturated rings. The average Bonchev–Trinajstić information content (AvgIpc) is 2.52. The molecule has 0 spiro atoms. The van der Waals surface area contributed by atoms with Gasteiger partial charge in [0.2, 0.25) is 0 Å². The van der Waals surface area contributed by atoms with Crippen molar-refractivity contribution in [2.24, 2.45) is 0 Å². The number of benzene rings is 1. The van der Waals surface area contributed by atoms with Gasteiger partial charge in [-0.15, -0.1) is 0 Å². The lowest BCUT2D eigenvalue weighted by Gasteiger charge is -2.30. The van der Waals surface area contributed by atoms with Crippen LogP contribution in [0.15, 0.2) is 24.3 Å². The number of piperidine rings is 1. The molecule has 1 aliphatic heterocycles. The van der Waals surface area contributed by atoms with Crippen molar-refractivity contribution >= 4 is 5.97 Å². The summed E-state index contributed by atoms with van der Waals surface area (Å²) in [6, 6.07) is 7.93. The molecule has 1 aliphatic rings. The van der Waals surface area contributed by atoms with E-state index in [4.69, 9.17) is 9.47 Å². The highest BCUT2D eigenvalue weighted by molar-refractivity contribution is 5.89. The van der Waals surface area contributed by atoms with Gasteiger partial charge in [0.05, 0.1) is 18.8 Å². The summed E-state index contributed by atoms with van der Waals surface area (Å²) in [6.45, 7) is 3.93. The van der Waals surface area contributed by atoms with E-state index >= 15 is 0 Å². The van der Waals surface area contributed by atoms with Gasteiger partial charge >= 0.3 is 5.97 Å². The minimum Gasteiger partial charge on any atom is -0.465 e. The first-order chi connectivity index (χ1) is 9.74. The van der Waals surface area contributed by atoms with Gasteiger partial charge in [-0.25, -0.2) is 4.79 Å². The maximum absolute atomic E-state index is 11.4. The standard InChI is InChI=1S/C16H23NO3/c1-3-10-20-14-8-9-17-15(11-14)12-4-6-13(7-5-12)16(18)19-2/h4-7,14-15,17H,3,8-11H2,1-2H3. The first-order valence-corrected chi connectivity index (χ1v) is 7.27. The Morgan fingerprint density at radius 3 is 2.75 bits per heavy atom. The quantitative estimate of drug-likeness (QED) is 0.841. The van der Waals surface area contributed by atoms with Crippen LogP contribution in [0.3, 0.4) is 0 Å². The zero-order valence-electron chi connectivity index (χ0n) is 12.2. The second kappa shape index (κ2) is 7.41. The second-order valence-electron chi connectivity index (χ2n) is 5.14. The fraction of sp³-hybridized carbons (Fsp3) is 0.562. The molecule has 2 atom stereocenters. The smallest absolute Gasteiger partial charge is 0.337 e. The van der Waals surface area contributed by atoms with E-state index in [-0.39, 0.29) is 5.97 Å². The summed E-state index contributed by atoms with van der Waals surface area (Å²) in [5.74, 6) is -0.294. The van der Waals surface area contributed by atoms with Crippen LogP contribution in [-0.2, 0) is 9.47 Å². The molecule has 0 aromatic heterocycles. The highest BCUT2D eigenvalue weighted by atomic mass is 16.5. The molecular formula is C16H23NO3. The van der Waals surface area contributed by atoms with Gasteiger partial charge < -0.3 is 14.8 Å². The van der Waals surface area contributed by atoms with Gasteiger partial charge in [0, 0.05) is 12.6 Å². The predicted molar refractivity (Wildman–Crippen MR) is 77.8 cm³/mol. The molecule has 4 heteroatoms. The van der Waals surface area contributed by atoms with E-state index in [1.54, 1.807) is 0 Å². The first kappa shape index (κ1) is 15.0. The lowest BCUT2D eigenvalue weighted by Crippen LogP contribution is -2.35. The van der Waals surface area contributed by atoms with Gasteiger partial charge in [-0.05, 0) is 43.5 Å². The Labute approximate surface area is 120 Å². The molecule has 0 radical (unpaired) electrons. The predicted octanol–water partition coefficient (Wildman–Crippen LogP) is 2.69. The summed E-state index contributed by atoms with van der Waals surface area (Å²) in [5.41, 5.74) is 1.79. The number of hydrogen-bond acceptors (Lipinski definition) is 4. The summed E-state index contributed by atoms with van der Waals surface area (Å²) < 4.78 is 10.6. The van der Waals surface area contributed by atoms with Crippen molar-refractivity contribution in [1.82, 2.24) is 5.32 Å². The van der Waals surface area contributed by atoms with Crippen LogP contribution in [0, 0.1) is 0 Å². The molecule has 110 valence electrons. The number of methoxy groups -OCH3 is 1. The molecule has 4 nitrogen and oxygen atoms in total. The fourth-order valence-corrected chi connectivity index (χ4v) is 2.54. The minimum absolute atomic E-state index is 0.294. The Kier molecular flexibility index (Phi) is 5.56. The zero-order valence-corrected chi connectivity index (χ0v) is 12.2. The molecule has 1 saturated heterocycles. The van der Waals surface area contributed by atoms with Crippen LogP contribution in [0.5, 0.6) is 0 Å². The van der Waals surface area contributed by atoms with Crippen LogP contribution in [0.2, 0.25) is 0 Å². The number of rotatable bonds is 5. The van der Waals surface area contributed by atoms with Crippen LogP contribution in [0.4, 0.5) is 0 Å². The number of nitrogens with one attached hydrogen (secondary N) is 1. The summed E-state index contributed by atoms with van der Waals surface area (Å²) in [4.78, 5) is 11.4. The van der Waals surface area contributed by atoms with Gasteiger partial charge in [0.1, 0.15) is 0 Å². The molecule has 20 heavy (non-hydrogen) atoms. The van der Waals surface area contributed by atoms with E-state index < -0.39 is 0 Å².